The molecule has 1 fully saturated rings. The van der Waals surface area contributed by atoms with E-state index in [4.69, 9.17) is 9.72 Å². The predicted molar refractivity (Wildman–Crippen MR) is 121 cm³/mol. The average molecular weight is 428 g/mol. The Kier molecular flexibility index (Phi) is 6.63. The monoisotopic (exact) mass is 427 g/mol. The molecular weight excluding hydrogens is 398 g/mol. The van der Waals surface area contributed by atoms with E-state index in [0.717, 1.165) is 28.8 Å². The highest BCUT2D eigenvalue weighted by molar-refractivity contribution is 7.17. The largest absolute Gasteiger partial charge is 0.389 e. The Hall–Kier alpha value is -2.06. The van der Waals surface area contributed by atoms with E-state index in [-0.39, 0.29) is 5.56 Å². The molecule has 0 spiro atoms. The second kappa shape index (κ2) is 9.39. The topological polar surface area (TPSA) is 78.5 Å². The SMILES string of the molecule is CC(C)COCC(O)CN(Cc1nc2scc(-c3ccccc3)c2c(=O)[nH]1)C1CC1. The van der Waals surface area contributed by atoms with Crippen LogP contribution in [0.4, 0.5) is 0 Å². The van der Waals surface area contributed by atoms with Crippen molar-refractivity contribution in [2.75, 3.05) is 19.8 Å². The first-order valence-electron chi connectivity index (χ1n) is 10.6. The van der Waals surface area contributed by atoms with Gasteiger partial charge in [-0.2, -0.15) is 0 Å². The quantitative estimate of drug-likeness (QED) is 0.516. The van der Waals surface area contributed by atoms with E-state index in [9.17, 15) is 9.90 Å². The third-order valence-electron chi connectivity index (χ3n) is 5.20. The van der Waals surface area contributed by atoms with Gasteiger partial charge in [0.15, 0.2) is 0 Å². The molecule has 6 nitrogen and oxygen atoms in total. The van der Waals surface area contributed by atoms with Crippen LogP contribution in [0.1, 0.15) is 32.5 Å². The van der Waals surface area contributed by atoms with Crippen molar-refractivity contribution in [1.29, 1.82) is 0 Å². The number of nitrogens with one attached hydrogen (secondary N) is 1. The number of aromatic nitrogens is 2. The fourth-order valence-corrected chi connectivity index (χ4v) is 4.60. The minimum atomic E-state index is -0.550. The molecule has 0 aliphatic heterocycles. The number of ether oxygens (including phenoxy) is 1. The average Bonchev–Trinajstić information content (AvgIpc) is 3.47. The molecule has 1 aliphatic rings. The van der Waals surface area contributed by atoms with Gasteiger partial charge in [0.25, 0.3) is 5.56 Å². The van der Waals surface area contributed by atoms with Crippen LogP contribution in [0.15, 0.2) is 40.5 Å². The minimum absolute atomic E-state index is 0.105. The number of aromatic amines is 1. The molecule has 0 bridgehead atoms. The second-order valence-corrected chi connectivity index (χ2v) is 9.31. The number of benzene rings is 1. The molecule has 7 heteroatoms. The third kappa shape index (κ3) is 5.16. The van der Waals surface area contributed by atoms with Gasteiger partial charge in [-0.25, -0.2) is 4.98 Å². The summed E-state index contributed by atoms with van der Waals surface area (Å²) in [7, 11) is 0. The van der Waals surface area contributed by atoms with Crippen LogP contribution in [0, 0.1) is 5.92 Å². The molecule has 160 valence electrons. The lowest BCUT2D eigenvalue weighted by atomic mass is 10.1. The normalized spacial score (nSPS) is 15.4. The number of thiophene rings is 1. The fourth-order valence-electron chi connectivity index (χ4n) is 3.64. The van der Waals surface area contributed by atoms with Gasteiger partial charge in [0, 0.05) is 30.1 Å². The maximum atomic E-state index is 12.9. The van der Waals surface area contributed by atoms with Gasteiger partial charge in [-0.05, 0) is 24.3 Å². The third-order valence-corrected chi connectivity index (χ3v) is 6.07. The van der Waals surface area contributed by atoms with Gasteiger partial charge >= 0.3 is 0 Å². The van der Waals surface area contributed by atoms with Crippen LogP contribution >= 0.6 is 11.3 Å². The Morgan fingerprint density at radius 3 is 2.73 bits per heavy atom. The van der Waals surface area contributed by atoms with Crippen molar-refractivity contribution in [2.45, 2.75) is 45.4 Å². The van der Waals surface area contributed by atoms with Gasteiger partial charge in [-0.15, -0.1) is 11.3 Å². The summed E-state index contributed by atoms with van der Waals surface area (Å²) in [4.78, 5) is 23.5. The van der Waals surface area contributed by atoms with Crippen LogP contribution in [0.2, 0.25) is 0 Å². The van der Waals surface area contributed by atoms with Crippen LogP contribution in [0.5, 0.6) is 0 Å². The smallest absolute Gasteiger partial charge is 0.260 e. The molecule has 0 amide bonds. The number of nitrogens with zero attached hydrogens (tertiary/aromatic N) is 2. The van der Waals surface area contributed by atoms with Crippen LogP contribution in [-0.2, 0) is 11.3 Å². The molecule has 3 aromatic rings. The van der Waals surface area contributed by atoms with Crippen molar-refractivity contribution in [3.63, 3.8) is 0 Å². The van der Waals surface area contributed by atoms with E-state index in [0.29, 0.717) is 49.5 Å². The molecule has 4 rings (SSSR count). The van der Waals surface area contributed by atoms with E-state index < -0.39 is 6.10 Å². The molecule has 2 aromatic heterocycles. The molecule has 1 atom stereocenters. The maximum Gasteiger partial charge on any atom is 0.260 e. The second-order valence-electron chi connectivity index (χ2n) is 8.45. The number of fused-ring (bicyclic) bond motifs is 1. The van der Waals surface area contributed by atoms with Crippen LogP contribution < -0.4 is 5.56 Å². The van der Waals surface area contributed by atoms with Gasteiger partial charge in [0.1, 0.15) is 10.7 Å². The van der Waals surface area contributed by atoms with Crippen LogP contribution in [-0.4, -0.2) is 51.9 Å². The summed E-state index contributed by atoms with van der Waals surface area (Å²) in [6, 6.07) is 10.4. The number of rotatable bonds is 10. The molecule has 1 unspecified atom stereocenters. The Bertz CT molecular complexity index is 1030. The summed E-state index contributed by atoms with van der Waals surface area (Å²) in [5, 5.41) is 13.0. The molecule has 30 heavy (non-hydrogen) atoms. The summed E-state index contributed by atoms with van der Waals surface area (Å²) in [6.07, 6.45) is 1.68. The number of hydrogen-bond acceptors (Lipinski definition) is 6. The first-order valence-corrected chi connectivity index (χ1v) is 11.4. The molecule has 2 N–H and O–H groups in total. The molecule has 1 aromatic carbocycles. The summed E-state index contributed by atoms with van der Waals surface area (Å²) in [5.74, 6) is 1.10. The van der Waals surface area contributed by atoms with E-state index in [2.05, 4.69) is 23.7 Å². The van der Waals surface area contributed by atoms with E-state index in [1.54, 1.807) is 0 Å². The first-order chi connectivity index (χ1) is 14.5. The molecule has 2 heterocycles. The number of hydrogen-bond donors (Lipinski definition) is 2. The summed E-state index contributed by atoms with van der Waals surface area (Å²) in [5.41, 5.74) is 1.84. The number of aliphatic hydroxyl groups excluding tert-OH is 1. The van der Waals surface area contributed by atoms with Gasteiger partial charge in [0.2, 0.25) is 0 Å². The highest BCUT2D eigenvalue weighted by Gasteiger charge is 2.31. The zero-order chi connectivity index (χ0) is 21.1. The maximum absolute atomic E-state index is 12.9. The van der Waals surface area contributed by atoms with E-state index in [1.165, 1.54) is 11.3 Å². The highest BCUT2D eigenvalue weighted by atomic mass is 32.1. The summed E-state index contributed by atoms with van der Waals surface area (Å²) >= 11 is 1.50. The van der Waals surface area contributed by atoms with Gasteiger partial charge in [-0.1, -0.05) is 44.2 Å². The Morgan fingerprint density at radius 2 is 2.03 bits per heavy atom. The zero-order valence-electron chi connectivity index (χ0n) is 17.5. The standard InChI is InChI=1S/C23H29N3O3S/c1-15(2)12-29-13-18(27)10-26(17-8-9-17)11-20-24-22(28)21-19(14-30-23(21)25-20)16-6-4-3-5-7-16/h3-7,14-15,17-18,27H,8-13H2,1-2H3,(H,24,25,28). The number of H-pyrrole nitrogens is 1. The van der Waals surface area contributed by atoms with E-state index in [1.807, 2.05) is 35.7 Å². The van der Waals surface area contributed by atoms with Crippen molar-refractivity contribution >= 4 is 21.6 Å². The molecule has 0 radical (unpaired) electrons. The Labute approximate surface area is 180 Å². The van der Waals surface area contributed by atoms with Crippen molar-refractivity contribution in [2.24, 2.45) is 5.92 Å². The van der Waals surface area contributed by atoms with Gasteiger partial charge in [0.05, 0.1) is 24.6 Å². The lowest BCUT2D eigenvalue weighted by molar-refractivity contribution is 0.00510. The van der Waals surface area contributed by atoms with Crippen molar-refractivity contribution < 1.29 is 9.84 Å². The predicted octanol–water partition coefficient (Wildman–Crippen LogP) is 3.65. The first kappa shape index (κ1) is 21.2. The number of aliphatic hydroxyl groups is 1. The van der Waals surface area contributed by atoms with Crippen LogP contribution in [0.25, 0.3) is 21.3 Å². The summed E-state index contributed by atoms with van der Waals surface area (Å²) in [6.45, 7) is 6.20. The molecule has 0 saturated heterocycles. The molecule has 1 saturated carbocycles. The Morgan fingerprint density at radius 1 is 1.27 bits per heavy atom. The van der Waals surface area contributed by atoms with Gasteiger partial charge < -0.3 is 14.8 Å². The van der Waals surface area contributed by atoms with E-state index >= 15 is 0 Å². The molecule has 1 aliphatic carbocycles. The van der Waals surface area contributed by atoms with Gasteiger partial charge in [-0.3, -0.25) is 9.69 Å². The zero-order valence-corrected chi connectivity index (χ0v) is 18.3. The Balaban J connectivity index is 1.49. The lowest BCUT2D eigenvalue weighted by Gasteiger charge is -2.24. The van der Waals surface area contributed by atoms with Crippen molar-refractivity contribution in [3.8, 4) is 11.1 Å². The minimum Gasteiger partial charge on any atom is -0.389 e. The fraction of sp³-hybridized carbons (Fsp3) is 0.478. The van der Waals surface area contributed by atoms with Crippen molar-refractivity contribution in [3.05, 3.63) is 51.9 Å². The van der Waals surface area contributed by atoms with Crippen LogP contribution in [0.3, 0.4) is 0 Å². The summed E-state index contributed by atoms with van der Waals surface area (Å²) < 4.78 is 5.58. The molecular formula is C23H29N3O3S. The van der Waals surface area contributed by atoms with Crippen molar-refractivity contribution in [1.82, 2.24) is 14.9 Å². The lowest BCUT2D eigenvalue weighted by Crippen LogP contribution is -2.37. The highest BCUT2D eigenvalue weighted by Crippen LogP contribution is 2.31.